The van der Waals surface area contributed by atoms with Crippen molar-refractivity contribution in [3.63, 3.8) is 0 Å². The lowest BCUT2D eigenvalue weighted by Gasteiger charge is -2.25. The summed E-state index contributed by atoms with van der Waals surface area (Å²) in [5.74, 6) is 0.531. The third-order valence-electron chi connectivity index (χ3n) is 5.33. The Labute approximate surface area is 179 Å². The highest BCUT2D eigenvalue weighted by Crippen LogP contribution is 2.55. The van der Waals surface area contributed by atoms with Gasteiger partial charge in [0.15, 0.2) is 6.61 Å². The van der Waals surface area contributed by atoms with E-state index in [0.29, 0.717) is 12.3 Å². The van der Waals surface area contributed by atoms with Crippen molar-refractivity contribution in [3.8, 4) is 5.75 Å². The molecule has 4 rings (SSSR count). The van der Waals surface area contributed by atoms with Crippen molar-refractivity contribution in [1.82, 2.24) is 4.67 Å². The van der Waals surface area contributed by atoms with E-state index < -0.39 is 8.53 Å². The minimum atomic E-state index is -1.53. The summed E-state index contributed by atoms with van der Waals surface area (Å²) in [6.45, 7) is 4.54. The van der Waals surface area contributed by atoms with E-state index >= 15 is 0 Å². The van der Waals surface area contributed by atoms with Gasteiger partial charge in [-0.15, -0.1) is 0 Å². The summed E-state index contributed by atoms with van der Waals surface area (Å²) in [5.41, 5.74) is 1.04. The number of hydrogen-bond acceptors (Lipinski definition) is 5. The number of para-hydroxylation sites is 1. The molecule has 0 bridgehead atoms. The predicted molar refractivity (Wildman–Crippen MR) is 115 cm³/mol. The molecular weight excluding hydrogens is 401 g/mol. The molecule has 2 aliphatic rings. The molecule has 2 heterocycles. The van der Waals surface area contributed by atoms with Gasteiger partial charge in [0.05, 0.1) is 24.9 Å². The molecule has 30 heavy (non-hydrogen) atoms. The van der Waals surface area contributed by atoms with Gasteiger partial charge in [0.2, 0.25) is 0 Å². The molecule has 0 spiro atoms. The fourth-order valence-corrected chi connectivity index (χ4v) is 5.43. The van der Waals surface area contributed by atoms with E-state index in [9.17, 15) is 4.79 Å². The first-order valence-electron chi connectivity index (χ1n) is 10.5. The maximum absolute atomic E-state index is 13.0. The molecule has 0 radical (unpaired) electrons. The van der Waals surface area contributed by atoms with Crippen molar-refractivity contribution >= 4 is 14.4 Å². The van der Waals surface area contributed by atoms with E-state index in [0.717, 1.165) is 18.4 Å². The van der Waals surface area contributed by atoms with Crippen molar-refractivity contribution in [1.29, 1.82) is 0 Å². The molecule has 5 atom stereocenters. The van der Waals surface area contributed by atoms with E-state index in [1.807, 2.05) is 60.7 Å². The Kier molecular flexibility index (Phi) is 7.00. The number of ether oxygens (including phenoxy) is 2. The summed E-state index contributed by atoms with van der Waals surface area (Å²) >= 11 is 0. The number of benzene rings is 2. The largest absolute Gasteiger partial charge is 0.484 e. The smallest absolute Gasteiger partial charge is 0.293 e. The molecule has 7 heteroatoms. The Morgan fingerprint density at radius 2 is 1.83 bits per heavy atom. The van der Waals surface area contributed by atoms with Crippen molar-refractivity contribution in [2.24, 2.45) is 0 Å². The number of carbonyl (C=O) groups is 1. The van der Waals surface area contributed by atoms with Crippen molar-refractivity contribution in [3.05, 3.63) is 66.2 Å². The highest BCUT2D eigenvalue weighted by molar-refractivity contribution is 7.45. The quantitative estimate of drug-likeness (QED) is 0.588. The fraction of sp³-hybridized carbons (Fsp3) is 0.435. The maximum Gasteiger partial charge on any atom is 0.293 e. The van der Waals surface area contributed by atoms with Crippen LogP contribution in [0.25, 0.3) is 0 Å². The van der Waals surface area contributed by atoms with Gasteiger partial charge in [0.1, 0.15) is 11.9 Å². The molecule has 0 aromatic heterocycles. The Morgan fingerprint density at radius 1 is 1.13 bits per heavy atom. The van der Waals surface area contributed by atoms with E-state index in [2.05, 4.69) is 13.8 Å². The van der Waals surface area contributed by atoms with Crippen LogP contribution in [0.4, 0.5) is 0 Å². The van der Waals surface area contributed by atoms with E-state index in [1.54, 1.807) is 4.67 Å². The molecule has 2 aromatic rings. The van der Waals surface area contributed by atoms with Crippen molar-refractivity contribution in [2.75, 3.05) is 13.2 Å². The first-order valence-corrected chi connectivity index (χ1v) is 11.6. The molecule has 3 unspecified atom stereocenters. The molecular formula is C23H28NO5P. The van der Waals surface area contributed by atoms with E-state index in [4.69, 9.17) is 18.5 Å². The highest BCUT2D eigenvalue weighted by atomic mass is 31.2. The Hall–Kier alpha value is -1.98. The van der Waals surface area contributed by atoms with Crippen LogP contribution in [0.2, 0.25) is 0 Å². The van der Waals surface area contributed by atoms with Gasteiger partial charge in [-0.3, -0.25) is 9.46 Å². The standard InChI is InChI=1S/C23H28NO5P/c1-3-20-21(14-17(2)27-20)28-30-24(15-22(29-30)18-10-6-4-7-11-18)23(25)16-26-19-12-8-5-9-13-19/h4-13,17,20-22H,3,14-16H2,1-2H3/t17-,20+,21?,22?,30?/m0/s1. The first-order chi connectivity index (χ1) is 14.6. The normalized spacial score (nSPS) is 28.6. The summed E-state index contributed by atoms with van der Waals surface area (Å²) in [6, 6.07) is 19.3. The van der Waals surface area contributed by atoms with Gasteiger partial charge in [-0.25, -0.2) is 0 Å². The molecule has 2 aromatic carbocycles. The second-order valence-electron chi connectivity index (χ2n) is 7.59. The third kappa shape index (κ3) is 5.01. The van der Waals surface area contributed by atoms with Crippen LogP contribution in [-0.4, -0.2) is 42.0 Å². The summed E-state index contributed by atoms with van der Waals surface area (Å²) in [7, 11) is -1.53. The van der Waals surface area contributed by atoms with Crippen molar-refractivity contribution < 1.29 is 23.3 Å². The average Bonchev–Trinajstić information content (AvgIpc) is 3.36. The molecule has 2 saturated heterocycles. The molecule has 0 aliphatic carbocycles. The molecule has 1 amide bonds. The number of amides is 1. The lowest BCUT2D eigenvalue weighted by Crippen LogP contribution is -2.31. The fourth-order valence-electron chi connectivity index (χ4n) is 3.77. The molecule has 0 saturated carbocycles. The van der Waals surface area contributed by atoms with Gasteiger partial charge < -0.3 is 18.5 Å². The molecule has 0 N–H and O–H groups in total. The van der Waals surface area contributed by atoms with Gasteiger partial charge in [-0.2, -0.15) is 0 Å². The van der Waals surface area contributed by atoms with Crippen LogP contribution in [0, 0.1) is 0 Å². The topological polar surface area (TPSA) is 57.2 Å². The third-order valence-corrected chi connectivity index (χ3v) is 7.00. The highest BCUT2D eigenvalue weighted by Gasteiger charge is 2.43. The van der Waals surface area contributed by atoms with Crippen LogP contribution in [0.15, 0.2) is 60.7 Å². The molecule has 6 nitrogen and oxygen atoms in total. The summed E-state index contributed by atoms with van der Waals surface area (Å²) in [5, 5.41) is 0. The Morgan fingerprint density at radius 3 is 2.53 bits per heavy atom. The zero-order valence-electron chi connectivity index (χ0n) is 17.3. The Bertz CT molecular complexity index is 821. The summed E-state index contributed by atoms with van der Waals surface area (Å²) in [4.78, 5) is 13.0. The second-order valence-corrected chi connectivity index (χ2v) is 8.97. The van der Waals surface area contributed by atoms with E-state index in [-0.39, 0.29) is 36.9 Å². The number of hydrogen-bond donors (Lipinski definition) is 0. The number of rotatable bonds is 7. The van der Waals surface area contributed by atoms with Crippen LogP contribution in [0.1, 0.15) is 38.4 Å². The molecule has 2 fully saturated rings. The maximum atomic E-state index is 13.0. The van der Waals surface area contributed by atoms with Gasteiger partial charge in [0.25, 0.3) is 14.4 Å². The first kappa shape index (κ1) is 21.3. The van der Waals surface area contributed by atoms with Crippen LogP contribution in [0.3, 0.4) is 0 Å². The van der Waals surface area contributed by atoms with Gasteiger partial charge in [0, 0.05) is 6.42 Å². The van der Waals surface area contributed by atoms with Gasteiger partial charge >= 0.3 is 0 Å². The minimum Gasteiger partial charge on any atom is -0.484 e. The van der Waals surface area contributed by atoms with Gasteiger partial charge in [-0.05, 0) is 31.0 Å². The lowest BCUT2D eigenvalue weighted by molar-refractivity contribution is -0.128. The van der Waals surface area contributed by atoms with Crippen LogP contribution >= 0.6 is 8.53 Å². The summed E-state index contributed by atoms with van der Waals surface area (Å²) in [6.07, 6.45) is 1.56. The van der Waals surface area contributed by atoms with Crippen LogP contribution in [-0.2, 0) is 18.6 Å². The molecule has 160 valence electrons. The zero-order chi connectivity index (χ0) is 20.9. The SMILES string of the molecule is CC[C@H]1O[C@@H](C)CC1OP1OC(c2ccccc2)CN1C(=O)COc1ccccc1. The number of nitrogens with zero attached hydrogens (tertiary/aromatic N) is 1. The average molecular weight is 429 g/mol. The molecule has 2 aliphatic heterocycles. The lowest BCUT2D eigenvalue weighted by atomic mass is 10.1. The predicted octanol–water partition coefficient (Wildman–Crippen LogP) is 4.87. The van der Waals surface area contributed by atoms with E-state index in [1.165, 1.54) is 0 Å². The Balaban J connectivity index is 1.46. The monoisotopic (exact) mass is 429 g/mol. The van der Waals surface area contributed by atoms with Crippen LogP contribution < -0.4 is 4.74 Å². The summed E-state index contributed by atoms with van der Waals surface area (Å²) < 4.78 is 25.9. The number of carbonyl (C=O) groups excluding carboxylic acids is 1. The zero-order valence-corrected chi connectivity index (χ0v) is 18.2. The minimum absolute atomic E-state index is 0.0272. The van der Waals surface area contributed by atoms with Crippen LogP contribution in [0.5, 0.6) is 5.75 Å². The van der Waals surface area contributed by atoms with Gasteiger partial charge in [-0.1, -0.05) is 55.5 Å². The van der Waals surface area contributed by atoms with Crippen molar-refractivity contribution in [2.45, 2.75) is 51.1 Å². The second kappa shape index (κ2) is 9.88.